The molecule has 2 bridgehead atoms. The Kier molecular flexibility index (Phi) is 3.78. The third-order valence-electron chi connectivity index (χ3n) is 10.2. The van der Waals surface area contributed by atoms with Crippen LogP contribution in [0.2, 0.25) is 0 Å². The molecule has 4 heterocycles. The lowest BCUT2D eigenvalue weighted by Gasteiger charge is -2.53. The highest BCUT2D eigenvalue weighted by Crippen LogP contribution is 2.69. The molecule has 3 N–H and O–H groups in total. The molecule has 7 heteroatoms. The molecule has 0 amide bonds. The van der Waals surface area contributed by atoms with Crippen molar-refractivity contribution < 1.29 is 34.3 Å². The Morgan fingerprint density at radius 2 is 1.84 bits per heavy atom. The number of aliphatic hydroxyl groups is 3. The van der Waals surface area contributed by atoms with Gasteiger partial charge in [-0.1, -0.05) is 44.9 Å². The second-order valence-electron chi connectivity index (χ2n) is 12.2. The van der Waals surface area contributed by atoms with Gasteiger partial charge in [-0.2, -0.15) is 0 Å². The van der Waals surface area contributed by atoms with Crippen LogP contribution in [0.5, 0.6) is 0 Å². The van der Waals surface area contributed by atoms with Crippen LogP contribution in [0.15, 0.2) is 22.8 Å². The van der Waals surface area contributed by atoms with E-state index in [0.717, 1.165) is 25.7 Å². The molecule has 0 aromatic carbocycles. The molecule has 32 heavy (non-hydrogen) atoms. The molecule has 4 aliphatic heterocycles. The largest absolute Gasteiger partial charge is 0.388 e. The Labute approximate surface area is 188 Å². The zero-order valence-electron chi connectivity index (χ0n) is 19.2. The van der Waals surface area contributed by atoms with E-state index in [1.807, 2.05) is 6.08 Å². The quantitative estimate of drug-likeness (QED) is 0.530. The average Bonchev–Trinajstić information content (AvgIpc) is 3.33. The fourth-order valence-electron chi connectivity index (χ4n) is 8.61. The van der Waals surface area contributed by atoms with E-state index in [0.29, 0.717) is 11.5 Å². The van der Waals surface area contributed by atoms with Crippen LogP contribution in [-0.2, 0) is 18.9 Å². The molecule has 11 unspecified atom stereocenters. The molecule has 7 aliphatic rings. The third-order valence-corrected chi connectivity index (χ3v) is 10.2. The van der Waals surface area contributed by atoms with E-state index in [1.54, 1.807) is 0 Å². The van der Waals surface area contributed by atoms with Crippen molar-refractivity contribution in [3.63, 3.8) is 0 Å². The average molecular weight is 447 g/mol. The van der Waals surface area contributed by atoms with Crippen molar-refractivity contribution in [3.05, 3.63) is 22.8 Å². The summed E-state index contributed by atoms with van der Waals surface area (Å²) in [5.41, 5.74) is 1.70. The number of allylic oxidation sites excluding steroid dienone is 1. The number of aliphatic hydroxyl groups excluding tert-OH is 1. The lowest BCUT2D eigenvalue weighted by Crippen LogP contribution is -2.69. The molecule has 0 radical (unpaired) electrons. The number of hydrogen-bond donors (Lipinski definition) is 3. The highest BCUT2D eigenvalue weighted by atomic mass is 16.8. The Morgan fingerprint density at radius 1 is 1.06 bits per heavy atom. The summed E-state index contributed by atoms with van der Waals surface area (Å²) in [7, 11) is 0. The summed E-state index contributed by atoms with van der Waals surface area (Å²) >= 11 is 0. The minimum absolute atomic E-state index is 0.0871. The van der Waals surface area contributed by atoms with E-state index >= 15 is 0 Å². The molecule has 176 valence electrons. The summed E-state index contributed by atoms with van der Waals surface area (Å²) in [6.45, 7) is 8.96. The summed E-state index contributed by atoms with van der Waals surface area (Å²) in [5, 5.41) is 34.8. The smallest absolute Gasteiger partial charge is 0.222 e. The predicted molar refractivity (Wildman–Crippen MR) is 112 cm³/mol. The van der Waals surface area contributed by atoms with Crippen molar-refractivity contribution in [2.24, 2.45) is 28.6 Å². The summed E-state index contributed by atoms with van der Waals surface area (Å²) in [4.78, 5) is 0. The lowest BCUT2D eigenvalue weighted by atomic mass is 9.52. The molecule has 0 spiro atoms. The Morgan fingerprint density at radius 3 is 2.59 bits per heavy atom. The summed E-state index contributed by atoms with van der Waals surface area (Å²) < 4.78 is 24.3. The van der Waals surface area contributed by atoms with E-state index in [4.69, 9.17) is 18.9 Å². The second kappa shape index (κ2) is 5.88. The lowest BCUT2D eigenvalue weighted by molar-refractivity contribution is -0.338. The van der Waals surface area contributed by atoms with Crippen LogP contribution >= 0.6 is 0 Å². The van der Waals surface area contributed by atoms with Gasteiger partial charge in [-0.15, -0.1) is 0 Å². The number of fused-ring (bicyclic) bond motifs is 6. The van der Waals surface area contributed by atoms with Gasteiger partial charge in [-0.25, -0.2) is 0 Å². The van der Waals surface area contributed by atoms with Crippen molar-refractivity contribution in [2.45, 2.75) is 95.7 Å². The van der Waals surface area contributed by atoms with E-state index in [2.05, 4.69) is 27.7 Å². The normalized spacial score (nSPS) is 59.8. The van der Waals surface area contributed by atoms with Crippen LogP contribution in [0.3, 0.4) is 0 Å². The van der Waals surface area contributed by atoms with Crippen LogP contribution in [0.4, 0.5) is 0 Å². The van der Waals surface area contributed by atoms with Gasteiger partial charge in [0.2, 0.25) is 5.79 Å². The van der Waals surface area contributed by atoms with Gasteiger partial charge in [0.1, 0.15) is 6.61 Å². The van der Waals surface area contributed by atoms with Crippen molar-refractivity contribution >= 4 is 0 Å². The van der Waals surface area contributed by atoms with Gasteiger partial charge >= 0.3 is 0 Å². The predicted octanol–water partition coefficient (Wildman–Crippen LogP) is 2.00. The molecule has 0 aromatic rings. The van der Waals surface area contributed by atoms with Gasteiger partial charge in [0, 0.05) is 17.3 Å². The zero-order chi connectivity index (χ0) is 22.4. The molecule has 11 atom stereocenters. The van der Waals surface area contributed by atoms with Gasteiger partial charge < -0.3 is 34.3 Å². The highest BCUT2D eigenvalue weighted by molar-refractivity contribution is 5.42. The van der Waals surface area contributed by atoms with Crippen molar-refractivity contribution in [3.8, 4) is 0 Å². The first-order chi connectivity index (χ1) is 15.0. The molecule has 7 rings (SSSR count). The monoisotopic (exact) mass is 446 g/mol. The van der Waals surface area contributed by atoms with Gasteiger partial charge in [0.25, 0.3) is 0 Å². The minimum Gasteiger partial charge on any atom is -0.388 e. The number of ether oxygens (including phenoxy) is 4. The SMILES string of the molecule is CC(C)C1=C2C3C(O)C=C4C5OC6C(O)(COC7OC(C4C76O)C3(C)CCC2(C)CC1)O5. The molecular formula is C25H34O7. The molecule has 1 saturated carbocycles. The zero-order valence-corrected chi connectivity index (χ0v) is 19.2. The van der Waals surface area contributed by atoms with Gasteiger partial charge in [-0.05, 0) is 42.6 Å². The number of hydrogen-bond acceptors (Lipinski definition) is 7. The van der Waals surface area contributed by atoms with E-state index < -0.39 is 47.5 Å². The van der Waals surface area contributed by atoms with Crippen LogP contribution in [-0.4, -0.2) is 64.2 Å². The summed E-state index contributed by atoms with van der Waals surface area (Å²) in [6, 6.07) is 0. The molecule has 0 aromatic heterocycles. The van der Waals surface area contributed by atoms with E-state index in [-0.39, 0.29) is 24.0 Å². The minimum atomic E-state index is -1.71. The first kappa shape index (κ1) is 20.6. The topological polar surface area (TPSA) is 97.6 Å². The van der Waals surface area contributed by atoms with Crippen molar-refractivity contribution in [2.75, 3.05) is 6.61 Å². The maximum Gasteiger partial charge on any atom is 0.222 e. The first-order valence-electron chi connectivity index (χ1n) is 12.2. The van der Waals surface area contributed by atoms with Crippen molar-refractivity contribution in [1.82, 2.24) is 0 Å². The summed E-state index contributed by atoms with van der Waals surface area (Å²) in [6.07, 6.45) is 2.23. The molecule has 3 aliphatic carbocycles. The van der Waals surface area contributed by atoms with Crippen LogP contribution in [0, 0.1) is 28.6 Å². The van der Waals surface area contributed by atoms with Gasteiger partial charge in [0.05, 0.1) is 12.2 Å². The standard InChI is InChI=1S/C25H34O7/c1-11(2)12-5-6-22(3)7-8-23(4)17(15(12)22)14(26)9-13-16-18(23)30-21-25(16,28)20-24(27,10-29-21)32-19(13)31-20/h9,11,14,16-21,26-28H,5-8,10H2,1-4H3. The van der Waals surface area contributed by atoms with E-state index in [1.165, 1.54) is 11.1 Å². The van der Waals surface area contributed by atoms with E-state index in [9.17, 15) is 15.3 Å². The van der Waals surface area contributed by atoms with Crippen LogP contribution in [0.25, 0.3) is 0 Å². The Bertz CT molecular complexity index is 958. The fourth-order valence-corrected chi connectivity index (χ4v) is 8.61. The maximum absolute atomic E-state index is 12.0. The van der Waals surface area contributed by atoms with Gasteiger partial charge in [-0.3, -0.25) is 0 Å². The van der Waals surface area contributed by atoms with Crippen molar-refractivity contribution in [1.29, 1.82) is 0 Å². The number of rotatable bonds is 1. The Hall–Kier alpha value is -0.800. The first-order valence-corrected chi connectivity index (χ1v) is 12.2. The van der Waals surface area contributed by atoms with Gasteiger partial charge in [0.15, 0.2) is 24.3 Å². The molecule has 5 fully saturated rings. The van der Waals surface area contributed by atoms with Crippen LogP contribution in [0.1, 0.15) is 53.4 Å². The van der Waals surface area contributed by atoms with Crippen LogP contribution < -0.4 is 0 Å². The summed E-state index contributed by atoms with van der Waals surface area (Å²) in [5.74, 6) is -1.84. The molecule has 7 nitrogen and oxygen atoms in total. The Balaban J connectivity index is 1.45. The second-order valence-corrected chi connectivity index (χ2v) is 12.2. The third kappa shape index (κ3) is 2.10. The highest BCUT2D eigenvalue weighted by Gasteiger charge is 2.79. The fraction of sp³-hybridized carbons (Fsp3) is 0.840. The molecule has 4 saturated heterocycles. The molecular weight excluding hydrogens is 412 g/mol. The maximum atomic E-state index is 12.0.